The van der Waals surface area contributed by atoms with Crippen LogP contribution >= 0.6 is 0 Å². The second-order valence-corrected chi connectivity index (χ2v) is 14.8. The molecule has 0 saturated carbocycles. The summed E-state index contributed by atoms with van der Waals surface area (Å²) in [6.07, 6.45) is 0. The van der Waals surface area contributed by atoms with Crippen molar-refractivity contribution in [2.75, 3.05) is 4.90 Å². The van der Waals surface area contributed by atoms with Gasteiger partial charge in [-0.3, -0.25) is 0 Å². The molecule has 1 heterocycles. The zero-order valence-corrected chi connectivity index (χ0v) is 31.2. The summed E-state index contributed by atoms with van der Waals surface area (Å²) in [5, 5.41) is 2.19. The molecule has 1 aromatic heterocycles. The van der Waals surface area contributed by atoms with Crippen molar-refractivity contribution in [3.05, 3.63) is 247 Å². The molecule has 10 aromatic rings. The molecule has 1 aliphatic rings. The molecule has 0 aliphatic heterocycles. The molecule has 2 nitrogen and oxygen atoms in total. The average Bonchev–Trinajstić information content (AvgIpc) is 3.83. The maximum atomic E-state index is 7.02. The highest BCUT2D eigenvalue weighted by atomic mass is 16.3. The van der Waals surface area contributed by atoms with Crippen molar-refractivity contribution >= 4 is 39.0 Å². The highest BCUT2D eigenvalue weighted by molar-refractivity contribution is 6.13. The van der Waals surface area contributed by atoms with Gasteiger partial charge in [0, 0.05) is 27.7 Å². The molecule has 0 spiro atoms. The van der Waals surface area contributed by atoms with E-state index in [1.165, 1.54) is 38.9 Å². The zero-order valence-electron chi connectivity index (χ0n) is 31.2. The topological polar surface area (TPSA) is 16.4 Å². The smallest absolute Gasteiger partial charge is 0.159 e. The van der Waals surface area contributed by atoms with Crippen LogP contribution in [0.5, 0.6) is 0 Å². The van der Waals surface area contributed by atoms with Crippen molar-refractivity contribution in [2.24, 2.45) is 0 Å². The van der Waals surface area contributed by atoms with Crippen LogP contribution in [-0.2, 0) is 5.41 Å². The largest absolute Gasteiger partial charge is 0.453 e. The van der Waals surface area contributed by atoms with E-state index in [0.29, 0.717) is 0 Å². The number of rotatable bonds is 7. The lowest BCUT2D eigenvalue weighted by Gasteiger charge is -2.36. The number of nitrogens with zero attached hydrogens (tertiary/aromatic N) is 1. The minimum absolute atomic E-state index is 0.553. The summed E-state index contributed by atoms with van der Waals surface area (Å²) in [5.41, 5.74) is 16.4. The molecule has 1 aliphatic carbocycles. The van der Waals surface area contributed by atoms with Gasteiger partial charge in [-0.25, -0.2) is 0 Å². The highest BCUT2D eigenvalue weighted by Gasteiger charge is 2.47. The van der Waals surface area contributed by atoms with Gasteiger partial charge < -0.3 is 9.32 Å². The first-order valence-electron chi connectivity index (χ1n) is 19.6. The summed E-state index contributed by atoms with van der Waals surface area (Å²) in [7, 11) is 0. The number of fused-ring (bicyclic) bond motifs is 6. The van der Waals surface area contributed by atoms with Crippen LogP contribution in [0.25, 0.3) is 55.3 Å². The van der Waals surface area contributed by atoms with Gasteiger partial charge in [0.1, 0.15) is 5.58 Å². The summed E-state index contributed by atoms with van der Waals surface area (Å²) in [4.78, 5) is 2.36. The third-order valence-corrected chi connectivity index (χ3v) is 11.8. The molecule has 0 N–H and O–H groups in total. The Kier molecular flexibility index (Phi) is 7.75. The van der Waals surface area contributed by atoms with Crippen molar-refractivity contribution < 1.29 is 4.42 Å². The monoisotopic (exact) mass is 727 g/mol. The molecule has 9 aromatic carbocycles. The van der Waals surface area contributed by atoms with Gasteiger partial charge in [-0.05, 0) is 80.4 Å². The molecule has 0 unspecified atom stereocenters. The Morgan fingerprint density at radius 3 is 1.47 bits per heavy atom. The molecule has 11 rings (SSSR count). The van der Waals surface area contributed by atoms with Gasteiger partial charge in [-0.2, -0.15) is 0 Å². The fourth-order valence-electron chi connectivity index (χ4n) is 9.37. The molecule has 2 heteroatoms. The van der Waals surface area contributed by atoms with E-state index in [1.54, 1.807) is 0 Å². The Hall–Kier alpha value is -7.42. The lowest BCUT2D eigenvalue weighted by Crippen LogP contribution is -2.29. The number of hydrogen-bond donors (Lipinski definition) is 0. The summed E-state index contributed by atoms with van der Waals surface area (Å²) in [6.45, 7) is 0. The third kappa shape index (κ3) is 5.11. The SMILES string of the molecule is c1ccc(-c2cc(N(c3ccccc3)c3cccc4c3oc3c(-c5ccccc5)cccc34)ccc2C2(c3ccccc3)c3ccccc3-c3ccccc32)cc1. The van der Waals surface area contributed by atoms with Crippen LogP contribution in [0.4, 0.5) is 17.1 Å². The van der Waals surface area contributed by atoms with Crippen LogP contribution in [0.15, 0.2) is 229 Å². The Labute approximate surface area is 332 Å². The van der Waals surface area contributed by atoms with E-state index in [-0.39, 0.29) is 0 Å². The normalized spacial score (nSPS) is 12.7. The predicted octanol–water partition coefficient (Wildman–Crippen LogP) is 14.8. The molecule has 57 heavy (non-hydrogen) atoms. The second kappa shape index (κ2) is 13.4. The molecular weight excluding hydrogens is 691 g/mol. The first kappa shape index (κ1) is 33.0. The average molecular weight is 728 g/mol. The first-order chi connectivity index (χ1) is 28.3. The Bertz CT molecular complexity index is 3010. The van der Waals surface area contributed by atoms with E-state index >= 15 is 0 Å². The van der Waals surface area contributed by atoms with E-state index < -0.39 is 5.41 Å². The Balaban J connectivity index is 1.20. The van der Waals surface area contributed by atoms with Crippen LogP contribution in [-0.4, -0.2) is 0 Å². The van der Waals surface area contributed by atoms with Gasteiger partial charge in [0.15, 0.2) is 5.58 Å². The van der Waals surface area contributed by atoms with E-state index in [0.717, 1.165) is 55.7 Å². The molecule has 0 radical (unpaired) electrons. The number of furan rings is 1. The molecule has 0 bridgehead atoms. The number of anilines is 3. The summed E-state index contributed by atoms with van der Waals surface area (Å²) in [5.74, 6) is 0. The van der Waals surface area contributed by atoms with Gasteiger partial charge in [-0.1, -0.05) is 194 Å². The van der Waals surface area contributed by atoms with E-state index in [1.807, 2.05) is 0 Å². The lowest BCUT2D eigenvalue weighted by molar-refractivity contribution is 0.670. The van der Waals surface area contributed by atoms with Crippen molar-refractivity contribution in [1.29, 1.82) is 0 Å². The fourth-order valence-corrected chi connectivity index (χ4v) is 9.37. The zero-order chi connectivity index (χ0) is 37.8. The molecule has 0 fully saturated rings. The quantitative estimate of drug-likeness (QED) is 0.163. The third-order valence-electron chi connectivity index (χ3n) is 11.8. The van der Waals surface area contributed by atoms with Gasteiger partial charge in [0.2, 0.25) is 0 Å². The summed E-state index contributed by atoms with van der Waals surface area (Å²) in [6, 6.07) is 81.1. The maximum absolute atomic E-state index is 7.02. The van der Waals surface area contributed by atoms with Crippen LogP contribution < -0.4 is 4.90 Å². The summed E-state index contributed by atoms with van der Waals surface area (Å²) < 4.78 is 7.02. The van der Waals surface area contributed by atoms with E-state index in [9.17, 15) is 0 Å². The predicted molar refractivity (Wildman–Crippen MR) is 237 cm³/mol. The molecular formula is C55H37NO. The Morgan fingerprint density at radius 2 is 0.825 bits per heavy atom. The standard InChI is InChI=1S/C55H37NO/c1-5-19-38(20-6-1)43-29-17-30-46-47-31-18-34-52(54(47)57-53(43)46)56(41-25-11-4-12-26-41)42-35-36-51(48(37-42)39-21-7-2-8-22-39)55(40-23-9-3-10-24-40)49-32-15-13-27-44(49)45-28-14-16-33-50(45)55/h1-37H. The van der Waals surface area contributed by atoms with Gasteiger partial charge in [-0.15, -0.1) is 0 Å². The Morgan fingerprint density at radius 1 is 0.333 bits per heavy atom. The minimum atomic E-state index is -0.553. The fraction of sp³-hybridized carbons (Fsp3) is 0.0182. The number of hydrogen-bond acceptors (Lipinski definition) is 2. The maximum Gasteiger partial charge on any atom is 0.159 e. The van der Waals surface area contributed by atoms with Crippen molar-refractivity contribution in [3.8, 4) is 33.4 Å². The van der Waals surface area contributed by atoms with E-state index in [4.69, 9.17) is 4.42 Å². The number of para-hydroxylation sites is 3. The van der Waals surface area contributed by atoms with Crippen LogP contribution in [0.3, 0.4) is 0 Å². The van der Waals surface area contributed by atoms with Crippen molar-refractivity contribution in [1.82, 2.24) is 0 Å². The molecule has 0 saturated heterocycles. The first-order valence-corrected chi connectivity index (χ1v) is 19.6. The van der Waals surface area contributed by atoms with Gasteiger partial charge in [0.25, 0.3) is 0 Å². The molecule has 0 atom stereocenters. The molecule has 268 valence electrons. The summed E-state index contributed by atoms with van der Waals surface area (Å²) >= 11 is 0. The van der Waals surface area contributed by atoms with Crippen molar-refractivity contribution in [2.45, 2.75) is 5.41 Å². The van der Waals surface area contributed by atoms with Crippen LogP contribution in [0.2, 0.25) is 0 Å². The van der Waals surface area contributed by atoms with Crippen molar-refractivity contribution in [3.63, 3.8) is 0 Å². The van der Waals surface area contributed by atoms with Crippen LogP contribution in [0.1, 0.15) is 22.3 Å². The van der Waals surface area contributed by atoms with Gasteiger partial charge in [0.05, 0.1) is 11.1 Å². The van der Waals surface area contributed by atoms with Crippen LogP contribution in [0, 0.1) is 0 Å². The highest BCUT2D eigenvalue weighted by Crippen LogP contribution is 2.58. The minimum Gasteiger partial charge on any atom is -0.453 e. The van der Waals surface area contributed by atoms with Gasteiger partial charge >= 0.3 is 0 Å². The lowest BCUT2D eigenvalue weighted by atomic mass is 9.66. The number of benzene rings is 9. The second-order valence-electron chi connectivity index (χ2n) is 14.8. The molecule has 0 amide bonds. The van der Waals surface area contributed by atoms with E-state index in [2.05, 4.69) is 229 Å².